The van der Waals surface area contributed by atoms with Crippen LogP contribution in [-0.4, -0.2) is 43.0 Å². The van der Waals surface area contributed by atoms with Crippen molar-refractivity contribution in [3.05, 3.63) is 58.1 Å². The number of hydrogen-bond acceptors (Lipinski definition) is 7. The van der Waals surface area contributed by atoms with Crippen molar-refractivity contribution < 1.29 is 28.8 Å². The Morgan fingerprint density at radius 1 is 1.23 bits per heavy atom. The number of nitrogens with zero attached hydrogens (tertiary/aromatic N) is 2. The number of aryl methyl sites for hydroxylation is 1. The van der Waals surface area contributed by atoms with Gasteiger partial charge in [0.1, 0.15) is 5.75 Å². The minimum Gasteiger partial charge on any atom is -0.497 e. The fourth-order valence-corrected chi connectivity index (χ4v) is 3.20. The summed E-state index contributed by atoms with van der Waals surface area (Å²) >= 11 is 0. The van der Waals surface area contributed by atoms with E-state index in [2.05, 4.69) is 5.32 Å². The molecular weight excluding hydrogens is 406 g/mol. The molecule has 0 spiro atoms. The van der Waals surface area contributed by atoms with Crippen molar-refractivity contribution in [1.82, 2.24) is 0 Å². The first-order valence-corrected chi connectivity index (χ1v) is 9.44. The lowest BCUT2D eigenvalue weighted by Crippen LogP contribution is -2.28. The molecule has 1 saturated heterocycles. The molecule has 1 N–H and O–H groups in total. The Balaban J connectivity index is 1.55. The topological polar surface area (TPSA) is 128 Å². The van der Waals surface area contributed by atoms with Crippen LogP contribution in [-0.2, 0) is 19.1 Å². The molecule has 10 nitrogen and oxygen atoms in total. The number of benzene rings is 2. The normalized spacial score (nSPS) is 15.5. The van der Waals surface area contributed by atoms with E-state index in [1.807, 2.05) is 0 Å². The summed E-state index contributed by atoms with van der Waals surface area (Å²) in [6.07, 6.45) is -0.0966. The van der Waals surface area contributed by atoms with Gasteiger partial charge in [0, 0.05) is 30.3 Å². The highest BCUT2D eigenvalue weighted by Gasteiger charge is 2.37. The predicted molar refractivity (Wildman–Crippen MR) is 111 cm³/mol. The summed E-state index contributed by atoms with van der Waals surface area (Å²) in [5.74, 6) is -1.67. The smallest absolute Gasteiger partial charge is 0.311 e. The van der Waals surface area contributed by atoms with Crippen LogP contribution in [0.1, 0.15) is 12.0 Å². The Kier molecular flexibility index (Phi) is 6.49. The maximum atomic E-state index is 12.3. The molecule has 3 rings (SSSR count). The third-order valence-electron chi connectivity index (χ3n) is 4.88. The molecule has 2 amide bonds. The summed E-state index contributed by atoms with van der Waals surface area (Å²) in [6.45, 7) is 1.13. The summed E-state index contributed by atoms with van der Waals surface area (Å²) in [6, 6.07) is 11.1. The lowest BCUT2D eigenvalue weighted by Gasteiger charge is -2.16. The molecule has 10 heteroatoms. The lowest BCUT2D eigenvalue weighted by atomic mass is 10.1. The number of carbonyl (C=O) groups excluding carboxylic acids is 3. The van der Waals surface area contributed by atoms with Crippen LogP contribution in [0.3, 0.4) is 0 Å². The van der Waals surface area contributed by atoms with Crippen LogP contribution in [0.25, 0.3) is 0 Å². The summed E-state index contributed by atoms with van der Waals surface area (Å²) in [5.41, 5.74) is 1.23. The average molecular weight is 427 g/mol. The number of nitrogens with one attached hydrogen (secondary N) is 1. The number of rotatable bonds is 7. The molecule has 31 heavy (non-hydrogen) atoms. The van der Waals surface area contributed by atoms with Gasteiger partial charge in [-0.05, 0) is 37.3 Å². The van der Waals surface area contributed by atoms with E-state index in [1.54, 1.807) is 43.3 Å². The zero-order chi connectivity index (χ0) is 22.5. The van der Waals surface area contributed by atoms with Crippen LogP contribution in [0.2, 0.25) is 0 Å². The van der Waals surface area contributed by atoms with Crippen molar-refractivity contribution in [3.63, 3.8) is 0 Å². The number of carbonyl (C=O) groups is 3. The van der Waals surface area contributed by atoms with Gasteiger partial charge in [0.05, 0.1) is 23.6 Å². The molecule has 1 aliphatic rings. The van der Waals surface area contributed by atoms with E-state index in [0.29, 0.717) is 22.7 Å². The first-order valence-electron chi connectivity index (χ1n) is 9.44. The van der Waals surface area contributed by atoms with E-state index in [9.17, 15) is 24.5 Å². The SMILES string of the molecule is COc1ccc(NC(=O)COC(=O)[C@@H]2CC(=O)N(c3ccc(C)c([N+](=O)[O-])c3)C2)cc1. The molecule has 2 aromatic carbocycles. The van der Waals surface area contributed by atoms with Gasteiger partial charge < -0.3 is 19.7 Å². The van der Waals surface area contributed by atoms with Gasteiger partial charge in [-0.1, -0.05) is 6.07 Å². The summed E-state index contributed by atoms with van der Waals surface area (Å²) in [4.78, 5) is 48.6. The molecule has 162 valence electrons. The van der Waals surface area contributed by atoms with Crippen molar-refractivity contribution in [2.75, 3.05) is 30.5 Å². The Bertz CT molecular complexity index is 1020. The maximum absolute atomic E-state index is 12.3. The second-order valence-corrected chi connectivity index (χ2v) is 7.02. The highest BCUT2D eigenvalue weighted by Crippen LogP contribution is 2.30. The lowest BCUT2D eigenvalue weighted by molar-refractivity contribution is -0.385. The van der Waals surface area contributed by atoms with Gasteiger partial charge in [0.15, 0.2) is 6.61 Å². The van der Waals surface area contributed by atoms with Gasteiger partial charge >= 0.3 is 5.97 Å². The third-order valence-corrected chi connectivity index (χ3v) is 4.88. The van der Waals surface area contributed by atoms with Gasteiger partial charge in [0.2, 0.25) is 5.91 Å². The van der Waals surface area contributed by atoms with E-state index in [4.69, 9.17) is 9.47 Å². The summed E-state index contributed by atoms with van der Waals surface area (Å²) in [7, 11) is 1.53. The van der Waals surface area contributed by atoms with Gasteiger partial charge in [-0.2, -0.15) is 0 Å². The number of amides is 2. The van der Waals surface area contributed by atoms with Gasteiger partial charge in [-0.3, -0.25) is 24.5 Å². The maximum Gasteiger partial charge on any atom is 0.311 e. The zero-order valence-electron chi connectivity index (χ0n) is 17.0. The van der Waals surface area contributed by atoms with Crippen LogP contribution in [0.4, 0.5) is 17.1 Å². The summed E-state index contributed by atoms with van der Waals surface area (Å²) in [5, 5.41) is 13.7. The van der Waals surface area contributed by atoms with Crippen molar-refractivity contribution >= 4 is 34.8 Å². The number of hydrogen-bond donors (Lipinski definition) is 1. The highest BCUT2D eigenvalue weighted by atomic mass is 16.6. The molecule has 0 saturated carbocycles. The molecule has 0 unspecified atom stereocenters. The first-order chi connectivity index (χ1) is 14.8. The van der Waals surface area contributed by atoms with E-state index in [-0.39, 0.29) is 24.6 Å². The zero-order valence-corrected chi connectivity index (χ0v) is 17.0. The molecule has 0 radical (unpaired) electrons. The number of ether oxygens (including phenoxy) is 2. The molecule has 2 aromatic rings. The predicted octanol–water partition coefficient (Wildman–Crippen LogP) is 2.45. The fraction of sp³-hybridized carbons (Fsp3) is 0.286. The van der Waals surface area contributed by atoms with Crippen molar-refractivity contribution in [2.24, 2.45) is 5.92 Å². The third kappa shape index (κ3) is 5.16. The second kappa shape index (κ2) is 9.24. The number of methoxy groups -OCH3 is 1. The number of anilines is 2. The van der Waals surface area contributed by atoms with E-state index < -0.39 is 29.3 Å². The van der Waals surface area contributed by atoms with Crippen LogP contribution in [0, 0.1) is 23.0 Å². The average Bonchev–Trinajstić information content (AvgIpc) is 3.14. The molecular formula is C21H21N3O7. The van der Waals surface area contributed by atoms with Crippen molar-refractivity contribution in [1.29, 1.82) is 0 Å². The van der Waals surface area contributed by atoms with E-state index >= 15 is 0 Å². The Morgan fingerprint density at radius 3 is 2.58 bits per heavy atom. The van der Waals surface area contributed by atoms with Crippen LogP contribution in [0.5, 0.6) is 5.75 Å². The summed E-state index contributed by atoms with van der Waals surface area (Å²) < 4.78 is 10.1. The molecule has 1 atom stereocenters. The quantitative estimate of drug-likeness (QED) is 0.408. The number of nitro groups is 1. The van der Waals surface area contributed by atoms with E-state index in [0.717, 1.165) is 0 Å². The molecule has 1 aliphatic heterocycles. The first kappa shape index (κ1) is 21.8. The standard InChI is InChI=1S/C21H21N3O7/c1-13-3-6-16(10-18(13)24(28)29)23-11-14(9-20(23)26)21(27)31-12-19(25)22-15-4-7-17(30-2)8-5-15/h3-8,10,14H,9,11-12H2,1-2H3,(H,22,25)/t14-/m1/s1. The van der Waals surface area contributed by atoms with Crippen molar-refractivity contribution in [3.8, 4) is 5.75 Å². The van der Waals surface area contributed by atoms with Crippen LogP contribution < -0.4 is 15.0 Å². The monoisotopic (exact) mass is 427 g/mol. The fourth-order valence-electron chi connectivity index (χ4n) is 3.20. The van der Waals surface area contributed by atoms with Gasteiger partial charge in [-0.25, -0.2) is 0 Å². The van der Waals surface area contributed by atoms with E-state index in [1.165, 1.54) is 18.1 Å². The minimum absolute atomic E-state index is 0.0258. The van der Waals surface area contributed by atoms with Crippen molar-refractivity contribution in [2.45, 2.75) is 13.3 Å². The molecule has 1 heterocycles. The highest BCUT2D eigenvalue weighted by molar-refractivity contribution is 6.00. The molecule has 0 aromatic heterocycles. The largest absolute Gasteiger partial charge is 0.497 e. The van der Waals surface area contributed by atoms with Crippen LogP contribution in [0.15, 0.2) is 42.5 Å². The Hall–Kier alpha value is -3.95. The van der Waals surface area contributed by atoms with Gasteiger partial charge in [0.25, 0.3) is 11.6 Å². The van der Waals surface area contributed by atoms with Crippen LogP contribution >= 0.6 is 0 Å². The molecule has 0 bridgehead atoms. The Labute approximate surface area is 177 Å². The number of esters is 1. The number of nitro benzene ring substituents is 1. The minimum atomic E-state index is -0.762. The Morgan fingerprint density at radius 2 is 1.94 bits per heavy atom. The van der Waals surface area contributed by atoms with Gasteiger partial charge in [-0.15, -0.1) is 0 Å². The molecule has 1 fully saturated rings. The molecule has 0 aliphatic carbocycles. The second-order valence-electron chi connectivity index (χ2n) is 7.02.